The molecule has 9 N–H and O–H groups in total. The van der Waals surface area contributed by atoms with Crippen LogP contribution in [0.2, 0.25) is 0 Å². The molecule has 0 spiro atoms. The van der Waals surface area contributed by atoms with Crippen molar-refractivity contribution in [3.63, 3.8) is 0 Å². The number of carboxylic acids is 2. The van der Waals surface area contributed by atoms with Crippen molar-refractivity contribution in [1.82, 2.24) is 0 Å². The molecule has 2 atom stereocenters. The minimum Gasteiger partial charge on any atom is -0.480 e. The lowest BCUT2D eigenvalue weighted by Crippen LogP contribution is -2.25. The Bertz CT molecular complexity index is 165. The molecule has 16 heavy (non-hydrogen) atoms. The molecular weight excluding hydrogens is 218 g/mol. The molecule has 8 heteroatoms. The average molecular weight is 239 g/mol. The quantitative estimate of drug-likeness (QED) is 0.321. The van der Waals surface area contributed by atoms with Crippen LogP contribution in [-0.4, -0.2) is 52.5 Å². The summed E-state index contributed by atoms with van der Waals surface area (Å²) in [4.78, 5) is 19.0. The van der Waals surface area contributed by atoms with Crippen molar-refractivity contribution < 1.29 is 24.9 Å². The van der Waals surface area contributed by atoms with Gasteiger partial charge >= 0.3 is 11.9 Å². The number of carbonyl (C=O) groups is 2. The van der Waals surface area contributed by atoms with E-state index in [2.05, 4.69) is 0 Å². The highest BCUT2D eigenvalue weighted by atomic mass is 16.4. The van der Waals surface area contributed by atoms with Crippen molar-refractivity contribution in [1.29, 1.82) is 0 Å². The van der Waals surface area contributed by atoms with Gasteiger partial charge in [0.15, 0.2) is 0 Å². The zero-order chi connectivity index (χ0) is 13.7. The second-order valence-corrected chi connectivity index (χ2v) is 2.72. The number of hydrogen-bond donors (Lipinski definition) is 6. The number of aliphatic hydroxyl groups excluding tert-OH is 1. The van der Waals surface area contributed by atoms with Crippen molar-refractivity contribution in [3.8, 4) is 0 Å². The van der Waals surface area contributed by atoms with Gasteiger partial charge in [-0.1, -0.05) is 0 Å². The molecule has 0 aliphatic carbocycles. The molecule has 0 aromatic heterocycles. The summed E-state index contributed by atoms with van der Waals surface area (Å²) in [5, 5.41) is 23.6. The highest BCUT2D eigenvalue weighted by Gasteiger charge is 2.01. The van der Waals surface area contributed by atoms with Crippen molar-refractivity contribution in [2.45, 2.75) is 26.0 Å². The van der Waals surface area contributed by atoms with Gasteiger partial charge in [0.2, 0.25) is 0 Å². The second kappa shape index (κ2) is 13.8. The normalized spacial score (nSPS) is 12.1. The van der Waals surface area contributed by atoms with Crippen LogP contribution in [0.5, 0.6) is 0 Å². The summed E-state index contributed by atoms with van der Waals surface area (Å²) in [6, 6.07) is -0.731. The molecule has 98 valence electrons. The third kappa shape index (κ3) is 29.3. The third-order valence-corrected chi connectivity index (χ3v) is 0.914. The maximum atomic E-state index is 9.57. The maximum Gasteiger partial charge on any atom is 0.332 e. The highest BCUT2D eigenvalue weighted by Crippen LogP contribution is 1.73. The van der Waals surface area contributed by atoms with Crippen LogP contribution in [0.4, 0.5) is 0 Å². The molecule has 2 unspecified atom stereocenters. The number of nitrogens with two attached hydrogens (primary N) is 3. The summed E-state index contributed by atoms with van der Waals surface area (Å²) in [5.74, 6) is -2.15. The minimum atomic E-state index is -1.23. The fraction of sp³-hybridized carbons (Fsp3) is 0.750. The van der Waals surface area contributed by atoms with Crippen LogP contribution in [0.3, 0.4) is 0 Å². The second-order valence-electron chi connectivity index (χ2n) is 2.72. The summed E-state index contributed by atoms with van der Waals surface area (Å²) < 4.78 is 0. The Morgan fingerprint density at radius 2 is 1.25 bits per heavy atom. The molecule has 0 amide bonds. The van der Waals surface area contributed by atoms with Crippen molar-refractivity contribution in [3.05, 3.63) is 0 Å². The molecule has 0 fully saturated rings. The molecule has 0 aromatic carbocycles. The fourth-order valence-corrected chi connectivity index (χ4v) is 0. The van der Waals surface area contributed by atoms with Crippen LogP contribution in [0.1, 0.15) is 13.8 Å². The smallest absolute Gasteiger partial charge is 0.332 e. The SMILES string of the molecule is CC(N)C(=O)O.CC(O)C(=O)O.NCCN. The lowest BCUT2D eigenvalue weighted by molar-refractivity contribution is -0.145. The monoisotopic (exact) mass is 239 g/mol. The number of aliphatic hydroxyl groups is 1. The Balaban J connectivity index is -0.000000162. The van der Waals surface area contributed by atoms with E-state index in [0.717, 1.165) is 0 Å². The molecule has 0 heterocycles. The Labute approximate surface area is 94.0 Å². The molecule has 8 nitrogen and oxygen atoms in total. The zero-order valence-electron chi connectivity index (χ0n) is 9.46. The van der Waals surface area contributed by atoms with Gasteiger partial charge in [0.25, 0.3) is 0 Å². The van der Waals surface area contributed by atoms with Gasteiger partial charge in [0.1, 0.15) is 12.1 Å². The summed E-state index contributed by atoms with van der Waals surface area (Å²) in [6.07, 6.45) is -1.23. The standard InChI is InChI=1S/C3H7NO2.C3H6O3.C2H8N2/c2*1-2(4)3(5)6;3-1-2-4/h2H,4H2,1H3,(H,5,6);2,4H,1H3,(H,5,6);1-4H2. The van der Waals surface area contributed by atoms with E-state index in [1.165, 1.54) is 13.8 Å². The molecule has 0 aromatic rings. The molecule has 0 aliphatic heterocycles. The maximum absolute atomic E-state index is 9.57. The van der Waals surface area contributed by atoms with E-state index in [1.54, 1.807) is 0 Å². The van der Waals surface area contributed by atoms with Gasteiger partial charge in [0.05, 0.1) is 0 Å². The lowest BCUT2D eigenvalue weighted by Gasteiger charge is -1.90. The Kier molecular flexibility index (Phi) is 17.4. The molecule has 0 bridgehead atoms. The van der Waals surface area contributed by atoms with Gasteiger partial charge in [-0.15, -0.1) is 0 Å². The van der Waals surface area contributed by atoms with Gasteiger partial charge in [-0.05, 0) is 13.8 Å². The predicted molar refractivity (Wildman–Crippen MR) is 58.7 cm³/mol. The first-order chi connectivity index (χ1) is 7.20. The molecule has 0 radical (unpaired) electrons. The van der Waals surface area contributed by atoms with E-state index >= 15 is 0 Å². The van der Waals surface area contributed by atoms with Crippen LogP contribution in [0, 0.1) is 0 Å². The lowest BCUT2D eigenvalue weighted by atomic mass is 10.4. The van der Waals surface area contributed by atoms with Gasteiger partial charge in [0, 0.05) is 13.1 Å². The van der Waals surface area contributed by atoms with E-state index in [0.29, 0.717) is 13.1 Å². The summed E-state index contributed by atoms with van der Waals surface area (Å²) >= 11 is 0. The minimum absolute atomic E-state index is 0.597. The topological polar surface area (TPSA) is 173 Å². The van der Waals surface area contributed by atoms with Crippen molar-refractivity contribution in [2.24, 2.45) is 17.2 Å². The first-order valence-electron chi connectivity index (χ1n) is 4.50. The number of hydrogen-bond acceptors (Lipinski definition) is 6. The average Bonchev–Trinajstić information content (AvgIpc) is 2.18. The number of aliphatic carboxylic acids is 2. The molecule has 0 saturated heterocycles. The van der Waals surface area contributed by atoms with E-state index in [-0.39, 0.29) is 0 Å². The highest BCUT2D eigenvalue weighted by molar-refractivity contribution is 5.72. The third-order valence-electron chi connectivity index (χ3n) is 0.914. The molecular formula is C8H21N3O5. The number of carboxylic acid groups (broad SMARTS) is 2. The molecule has 0 rings (SSSR count). The molecule has 0 saturated carbocycles. The van der Waals surface area contributed by atoms with E-state index in [9.17, 15) is 9.59 Å². The van der Waals surface area contributed by atoms with Crippen LogP contribution in [0.25, 0.3) is 0 Å². The van der Waals surface area contributed by atoms with Gasteiger partial charge in [-0.3, -0.25) is 4.79 Å². The predicted octanol–water partition coefficient (Wildman–Crippen LogP) is -2.23. The Hall–Kier alpha value is -1.22. The largest absolute Gasteiger partial charge is 0.480 e. The fourth-order valence-electron chi connectivity index (χ4n) is 0. The van der Waals surface area contributed by atoms with Crippen LogP contribution < -0.4 is 17.2 Å². The summed E-state index contributed by atoms with van der Waals surface area (Å²) in [5.41, 5.74) is 14.6. The van der Waals surface area contributed by atoms with E-state index < -0.39 is 24.1 Å². The number of rotatable bonds is 3. The zero-order valence-corrected chi connectivity index (χ0v) is 9.46. The van der Waals surface area contributed by atoms with Gasteiger partial charge < -0.3 is 32.5 Å². The van der Waals surface area contributed by atoms with Gasteiger partial charge in [-0.25, -0.2) is 4.79 Å². The molecule has 0 aliphatic rings. The van der Waals surface area contributed by atoms with E-state index in [4.69, 9.17) is 32.5 Å². The Morgan fingerprint density at radius 3 is 1.25 bits per heavy atom. The van der Waals surface area contributed by atoms with E-state index in [1.807, 2.05) is 0 Å². The van der Waals surface area contributed by atoms with Crippen molar-refractivity contribution >= 4 is 11.9 Å². The Morgan fingerprint density at radius 1 is 1.06 bits per heavy atom. The first-order valence-corrected chi connectivity index (χ1v) is 4.50. The summed E-state index contributed by atoms with van der Waals surface area (Å²) in [6.45, 7) is 3.81. The summed E-state index contributed by atoms with van der Waals surface area (Å²) in [7, 11) is 0. The van der Waals surface area contributed by atoms with Crippen LogP contribution in [-0.2, 0) is 9.59 Å². The van der Waals surface area contributed by atoms with Crippen molar-refractivity contribution in [2.75, 3.05) is 13.1 Å². The van der Waals surface area contributed by atoms with Gasteiger partial charge in [-0.2, -0.15) is 0 Å². The first kappa shape index (κ1) is 20.2. The van der Waals surface area contributed by atoms with Crippen LogP contribution in [0.15, 0.2) is 0 Å². The van der Waals surface area contributed by atoms with Crippen LogP contribution >= 0.6 is 0 Å².